The van der Waals surface area contributed by atoms with Gasteiger partial charge in [-0.2, -0.15) is 0 Å². The summed E-state index contributed by atoms with van der Waals surface area (Å²) in [5, 5.41) is 0. The van der Waals surface area contributed by atoms with Crippen molar-refractivity contribution < 1.29 is 9.53 Å². The van der Waals surface area contributed by atoms with Crippen molar-refractivity contribution in [2.24, 2.45) is 11.8 Å². The lowest BCUT2D eigenvalue weighted by Gasteiger charge is -2.27. The molecule has 0 aliphatic heterocycles. The minimum atomic E-state index is -0.0814. The van der Waals surface area contributed by atoms with Gasteiger partial charge >= 0.3 is 5.97 Å². The Morgan fingerprint density at radius 2 is 1.38 bits per heavy atom. The molecule has 32 heavy (non-hydrogen) atoms. The molecule has 0 unspecified atom stereocenters. The molecule has 1 aliphatic rings. The lowest BCUT2D eigenvalue weighted by molar-refractivity contribution is -0.140. The van der Waals surface area contributed by atoms with Crippen LogP contribution in [0.2, 0.25) is 0 Å². The van der Waals surface area contributed by atoms with Crippen LogP contribution >= 0.6 is 0 Å². The molecular formula is C30H34O2. The Kier molecular flexibility index (Phi) is 9.46. The third-order valence-corrected chi connectivity index (χ3v) is 6.11. The predicted octanol–water partition coefficient (Wildman–Crippen LogP) is 7.14. The molecule has 0 spiro atoms. The van der Waals surface area contributed by atoms with E-state index in [1.54, 1.807) is 0 Å². The molecule has 1 fully saturated rings. The van der Waals surface area contributed by atoms with E-state index >= 15 is 0 Å². The normalized spacial score (nSPS) is 17.4. The quantitative estimate of drug-likeness (QED) is 0.212. The van der Waals surface area contributed by atoms with Gasteiger partial charge in [0.2, 0.25) is 0 Å². The molecule has 0 amide bonds. The molecule has 2 heteroatoms. The molecule has 3 rings (SSSR count). The van der Waals surface area contributed by atoms with Crippen LogP contribution in [0.3, 0.4) is 0 Å². The van der Waals surface area contributed by atoms with E-state index in [0.717, 1.165) is 54.7 Å². The van der Waals surface area contributed by atoms with Gasteiger partial charge in [-0.1, -0.05) is 63.2 Å². The molecule has 2 nitrogen and oxygen atoms in total. The summed E-state index contributed by atoms with van der Waals surface area (Å²) in [7, 11) is 0. The molecule has 0 bridgehead atoms. The fraction of sp³-hybridized carbons (Fsp3) is 0.433. The van der Waals surface area contributed by atoms with Crippen LogP contribution in [0.5, 0.6) is 5.75 Å². The van der Waals surface area contributed by atoms with E-state index in [2.05, 4.69) is 30.6 Å². The van der Waals surface area contributed by atoms with Crippen LogP contribution < -0.4 is 4.74 Å². The van der Waals surface area contributed by atoms with E-state index in [-0.39, 0.29) is 11.9 Å². The number of esters is 1. The van der Waals surface area contributed by atoms with E-state index < -0.39 is 0 Å². The Morgan fingerprint density at radius 1 is 0.812 bits per heavy atom. The van der Waals surface area contributed by atoms with Crippen molar-refractivity contribution in [1.82, 2.24) is 0 Å². The van der Waals surface area contributed by atoms with E-state index in [0.29, 0.717) is 5.75 Å². The smallest absolute Gasteiger partial charge is 0.314 e. The van der Waals surface area contributed by atoms with Gasteiger partial charge in [-0.15, -0.1) is 0 Å². The molecular weight excluding hydrogens is 392 g/mol. The number of ether oxygens (including phenoxy) is 1. The van der Waals surface area contributed by atoms with E-state index in [1.165, 1.54) is 25.7 Å². The predicted molar refractivity (Wildman–Crippen MR) is 131 cm³/mol. The van der Waals surface area contributed by atoms with E-state index in [1.807, 2.05) is 55.5 Å². The summed E-state index contributed by atoms with van der Waals surface area (Å²) in [6.45, 7) is 4.29. The van der Waals surface area contributed by atoms with Crippen LogP contribution in [0.1, 0.15) is 88.3 Å². The molecule has 0 aromatic heterocycles. The number of unbranched alkanes of at least 4 members (excludes halogenated alkanes) is 2. The maximum absolute atomic E-state index is 12.6. The molecule has 1 saturated carbocycles. The standard InChI is InChI=1S/C30H34O2/c1-3-5-7-9-25-16-20-28(21-17-25)30(31)32-29-22-18-27(19-23-29)15-14-26-12-10-24(11-13-26)8-6-4-2/h10-13,18-19,22-23,25,28H,3-5,7,9,16-17,20-21H2,1-2H3/t25-,28-. The second kappa shape index (κ2) is 12.8. The van der Waals surface area contributed by atoms with Gasteiger partial charge in [-0.05, 0) is 80.1 Å². The van der Waals surface area contributed by atoms with E-state index in [9.17, 15) is 4.79 Å². The zero-order valence-electron chi connectivity index (χ0n) is 19.5. The lowest BCUT2D eigenvalue weighted by atomic mass is 9.80. The average molecular weight is 427 g/mol. The van der Waals surface area contributed by atoms with Crippen molar-refractivity contribution >= 4 is 5.97 Å². The third kappa shape index (κ3) is 7.62. The zero-order valence-corrected chi connectivity index (χ0v) is 19.5. The van der Waals surface area contributed by atoms with Gasteiger partial charge in [-0.3, -0.25) is 4.79 Å². The lowest BCUT2D eigenvalue weighted by Crippen LogP contribution is -2.25. The first-order chi connectivity index (χ1) is 15.7. The van der Waals surface area contributed by atoms with Gasteiger partial charge < -0.3 is 4.74 Å². The van der Waals surface area contributed by atoms with Gasteiger partial charge in [-0.25, -0.2) is 0 Å². The highest BCUT2D eigenvalue weighted by Crippen LogP contribution is 2.33. The number of benzene rings is 2. The maximum Gasteiger partial charge on any atom is 0.314 e. The summed E-state index contributed by atoms with van der Waals surface area (Å²) in [6.07, 6.45) is 10.3. The number of carbonyl (C=O) groups is 1. The Morgan fingerprint density at radius 3 is 1.94 bits per heavy atom. The van der Waals surface area contributed by atoms with E-state index in [4.69, 9.17) is 4.74 Å². The van der Waals surface area contributed by atoms with Gasteiger partial charge in [0.15, 0.2) is 0 Å². The van der Waals surface area contributed by atoms with Crippen LogP contribution in [-0.2, 0) is 4.79 Å². The average Bonchev–Trinajstić information content (AvgIpc) is 2.83. The summed E-state index contributed by atoms with van der Waals surface area (Å²) in [6, 6.07) is 15.4. The van der Waals surface area contributed by atoms with Crippen LogP contribution in [0.15, 0.2) is 48.5 Å². The van der Waals surface area contributed by atoms with Crippen molar-refractivity contribution in [1.29, 1.82) is 0 Å². The van der Waals surface area contributed by atoms with Crippen molar-refractivity contribution in [3.05, 3.63) is 65.2 Å². The molecule has 2 aromatic carbocycles. The Labute approximate surface area is 193 Å². The number of hydrogen-bond acceptors (Lipinski definition) is 2. The first-order valence-corrected chi connectivity index (χ1v) is 12.1. The number of hydrogen-bond donors (Lipinski definition) is 0. The Bertz CT molecular complexity index is 970. The second-order valence-electron chi connectivity index (χ2n) is 8.64. The van der Waals surface area contributed by atoms with Gasteiger partial charge in [0.25, 0.3) is 0 Å². The summed E-state index contributed by atoms with van der Waals surface area (Å²) in [5.41, 5.74) is 2.86. The number of carbonyl (C=O) groups excluding carboxylic acids is 1. The molecule has 166 valence electrons. The molecule has 2 aromatic rings. The summed E-state index contributed by atoms with van der Waals surface area (Å²) in [4.78, 5) is 12.6. The minimum absolute atomic E-state index is 0.0434. The fourth-order valence-corrected chi connectivity index (χ4v) is 4.15. The second-order valence-corrected chi connectivity index (χ2v) is 8.64. The van der Waals surface area contributed by atoms with Crippen LogP contribution in [0, 0.1) is 35.5 Å². The van der Waals surface area contributed by atoms with Crippen LogP contribution in [0.4, 0.5) is 0 Å². The van der Waals surface area contributed by atoms with Gasteiger partial charge in [0.05, 0.1) is 5.92 Å². The summed E-state index contributed by atoms with van der Waals surface area (Å²) < 4.78 is 5.65. The summed E-state index contributed by atoms with van der Waals surface area (Å²) >= 11 is 0. The topological polar surface area (TPSA) is 26.3 Å². The Balaban J connectivity index is 1.48. The molecule has 0 atom stereocenters. The fourth-order valence-electron chi connectivity index (χ4n) is 4.15. The van der Waals surface area contributed by atoms with Gasteiger partial charge in [0, 0.05) is 23.1 Å². The third-order valence-electron chi connectivity index (χ3n) is 6.11. The SMILES string of the molecule is CCC#Cc1ccc(C#Cc2ccc(OC(=O)[C@H]3CC[C@H](CCCCC)CC3)cc2)cc1. The summed E-state index contributed by atoms with van der Waals surface area (Å²) in [5.74, 6) is 13.9. The molecule has 0 heterocycles. The van der Waals surface area contributed by atoms with Crippen molar-refractivity contribution in [3.8, 4) is 29.4 Å². The van der Waals surface area contributed by atoms with Crippen molar-refractivity contribution in [2.75, 3.05) is 0 Å². The molecule has 0 saturated heterocycles. The van der Waals surface area contributed by atoms with Crippen molar-refractivity contribution in [3.63, 3.8) is 0 Å². The highest BCUT2D eigenvalue weighted by molar-refractivity contribution is 5.75. The first kappa shape index (κ1) is 23.7. The van der Waals surface area contributed by atoms with Crippen molar-refractivity contribution in [2.45, 2.75) is 71.6 Å². The maximum atomic E-state index is 12.6. The molecule has 0 N–H and O–H groups in total. The number of rotatable bonds is 6. The van der Waals surface area contributed by atoms with Gasteiger partial charge in [0.1, 0.15) is 5.75 Å². The molecule has 1 aliphatic carbocycles. The monoisotopic (exact) mass is 426 g/mol. The largest absolute Gasteiger partial charge is 0.426 e. The zero-order chi connectivity index (χ0) is 22.6. The van der Waals surface area contributed by atoms with Crippen LogP contribution in [0.25, 0.3) is 0 Å². The highest BCUT2D eigenvalue weighted by atomic mass is 16.5. The molecule has 0 radical (unpaired) electrons. The first-order valence-electron chi connectivity index (χ1n) is 12.1. The minimum Gasteiger partial charge on any atom is -0.426 e. The van der Waals surface area contributed by atoms with Crippen LogP contribution in [-0.4, -0.2) is 5.97 Å². The Hall–Kier alpha value is -2.97. The highest BCUT2D eigenvalue weighted by Gasteiger charge is 2.27.